The summed E-state index contributed by atoms with van der Waals surface area (Å²) in [4.78, 5) is 6.59. The molecule has 0 amide bonds. The molecule has 0 radical (unpaired) electrons. The summed E-state index contributed by atoms with van der Waals surface area (Å²) in [5.41, 5.74) is 7.09. The molecular formula is C14H22FN3. The summed E-state index contributed by atoms with van der Waals surface area (Å²) in [7, 11) is 0. The highest BCUT2D eigenvalue weighted by atomic mass is 19.1. The fourth-order valence-electron chi connectivity index (χ4n) is 2.65. The van der Waals surface area contributed by atoms with Crippen LogP contribution in [0, 0.1) is 11.7 Å². The lowest BCUT2D eigenvalue weighted by Crippen LogP contribution is -2.48. The van der Waals surface area contributed by atoms with Crippen LogP contribution in [0.3, 0.4) is 0 Å². The normalized spacial score (nSPS) is 27.1. The number of piperidine rings is 1. The quantitative estimate of drug-likeness (QED) is 0.896. The van der Waals surface area contributed by atoms with Gasteiger partial charge in [0.05, 0.1) is 17.9 Å². The number of pyridine rings is 1. The Labute approximate surface area is 108 Å². The van der Waals surface area contributed by atoms with Gasteiger partial charge in [0.25, 0.3) is 0 Å². The summed E-state index contributed by atoms with van der Waals surface area (Å²) < 4.78 is 12.9. The van der Waals surface area contributed by atoms with Crippen LogP contribution < -0.4 is 5.73 Å². The summed E-state index contributed by atoms with van der Waals surface area (Å²) in [6.45, 7) is 6.30. The van der Waals surface area contributed by atoms with Crippen molar-refractivity contribution in [3.8, 4) is 0 Å². The van der Waals surface area contributed by atoms with E-state index in [-0.39, 0.29) is 17.9 Å². The average Bonchev–Trinajstić information content (AvgIpc) is 2.37. The van der Waals surface area contributed by atoms with Gasteiger partial charge in [-0.1, -0.05) is 13.8 Å². The van der Waals surface area contributed by atoms with Gasteiger partial charge in [-0.15, -0.1) is 0 Å². The van der Waals surface area contributed by atoms with Gasteiger partial charge in [-0.2, -0.15) is 0 Å². The Kier molecular flexibility index (Phi) is 4.30. The Balaban J connectivity index is 2.11. The predicted octanol–water partition coefficient (Wildman–Crippen LogP) is 2.34. The van der Waals surface area contributed by atoms with Crippen LogP contribution in [0.15, 0.2) is 18.3 Å². The molecule has 1 aromatic heterocycles. The van der Waals surface area contributed by atoms with Crippen LogP contribution in [0.1, 0.15) is 38.4 Å². The number of halogens is 1. The molecule has 100 valence electrons. The molecule has 3 nitrogen and oxygen atoms in total. The molecule has 18 heavy (non-hydrogen) atoms. The first-order valence-corrected chi connectivity index (χ1v) is 6.73. The van der Waals surface area contributed by atoms with E-state index in [4.69, 9.17) is 5.73 Å². The topological polar surface area (TPSA) is 42.2 Å². The number of nitrogens with zero attached hydrogens (tertiary/aromatic N) is 2. The van der Waals surface area contributed by atoms with Crippen molar-refractivity contribution in [2.24, 2.45) is 11.7 Å². The van der Waals surface area contributed by atoms with Crippen molar-refractivity contribution in [2.45, 2.75) is 38.8 Å². The SMILES string of the molecule is CCC(c1ccc(F)cn1)N1CCC(C)C(N)C1. The third-order valence-electron chi connectivity index (χ3n) is 3.97. The third kappa shape index (κ3) is 2.87. The fraction of sp³-hybridized carbons (Fsp3) is 0.643. The molecule has 1 aliphatic heterocycles. The minimum Gasteiger partial charge on any atom is -0.326 e. The highest BCUT2D eigenvalue weighted by Crippen LogP contribution is 2.27. The van der Waals surface area contributed by atoms with Gasteiger partial charge < -0.3 is 5.73 Å². The molecule has 4 heteroatoms. The minimum absolute atomic E-state index is 0.230. The van der Waals surface area contributed by atoms with Gasteiger partial charge in [-0.3, -0.25) is 9.88 Å². The van der Waals surface area contributed by atoms with Crippen molar-refractivity contribution in [3.05, 3.63) is 29.8 Å². The molecule has 0 aliphatic carbocycles. The first-order chi connectivity index (χ1) is 8.61. The number of likely N-dealkylation sites (tertiary alicyclic amines) is 1. The molecule has 3 atom stereocenters. The minimum atomic E-state index is -0.280. The average molecular weight is 251 g/mol. The summed E-state index contributed by atoms with van der Waals surface area (Å²) in [6.07, 6.45) is 3.39. The van der Waals surface area contributed by atoms with Crippen molar-refractivity contribution in [2.75, 3.05) is 13.1 Å². The van der Waals surface area contributed by atoms with Gasteiger partial charge in [-0.25, -0.2) is 4.39 Å². The molecule has 1 saturated heterocycles. The van der Waals surface area contributed by atoms with E-state index in [0.29, 0.717) is 5.92 Å². The van der Waals surface area contributed by atoms with Crippen LogP contribution in [0.2, 0.25) is 0 Å². The highest BCUT2D eigenvalue weighted by Gasteiger charge is 2.28. The Morgan fingerprint density at radius 1 is 1.56 bits per heavy atom. The van der Waals surface area contributed by atoms with E-state index < -0.39 is 0 Å². The fourth-order valence-corrected chi connectivity index (χ4v) is 2.65. The van der Waals surface area contributed by atoms with Crippen LogP contribution >= 0.6 is 0 Å². The second kappa shape index (κ2) is 5.76. The monoisotopic (exact) mass is 251 g/mol. The van der Waals surface area contributed by atoms with Crippen LogP contribution in [0.25, 0.3) is 0 Å². The molecule has 2 N–H and O–H groups in total. The molecule has 0 aromatic carbocycles. The summed E-state index contributed by atoms with van der Waals surface area (Å²) >= 11 is 0. The Bertz CT molecular complexity index is 379. The van der Waals surface area contributed by atoms with Crippen molar-refractivity contribution in [1.82, 2.24) is 9.88 Å². The summed E-state index contributed by atoms with van der Waals surface area (Å²) in [5, 5.41) is 0. The van der Waals surface area contributed by atoms with Crippen LogP contribution in [-0.4, -0.2) is 29.0 Å². The zero-order valence-electron chi connectivity index (χ0n) is 11.1. The molecule has 1 fully saturated rings. The summed E-state index contributed by atoms with van der Waals surface area (Å²) in [6, 6.07) is 3.75. The number of rotatable bonds is 3. The van der Waals surface area contributed by atoms with E-state index in [9.17, 15) is 4.39 Å². The van der Waals surface area contributed by atoms with Crippen molar-refractivity contribution in [3.63, 3.8) is 0 Å². The van der Waals surface area contributed by atoms with Crippen molar-refractivity contribution >= 4 is 0 Å². The molecule has 0 saturated carbocycles. The van der Waals surface area contributed by atoms with E-state index >= 15 is 0 Å². The maximum Gasteiger partial charge on any atom is 0.141 e. The number of aromatic nitrogens is 1. The molecule has 0 bridgehead atoms. The first-order valence-electron chi connectivity index (χ1n) is 6.73. The van der Waals surface area contributed by atoms with Gasteiger partial charge >= 0.3 is 0 Å². The second-order valence-electron chi connectivity index (χ2n) is 5.25. The Hall–Kier alpha value is -1.00. The van der Waals surface area contributed by atoms with E-state index in [1.165, 1.54) is 12.3 Å². The van der Waals surface area contributed by atoms with Crippen LogP contribution in [0.5, 0.6) is 0 Å². The Morgan fingerprint density at radius 3 is 2.89 bits per heavy atom. The van der Waals surface area contributed by atoms with Crippen molar-refractivity contribution in [1.29, 1.82) is 0 Å². The molecule has 1 aromatic rings. The zero-order chi connectivity index (χ0) is 13.1. The molecule has 0 spiro atoms. The van der Waals surface area contributed by atoms with Gasteiger partial charge in [0.1, 0.15) is 5.82 Å². The standard InChI is InChI=1S/C14H22FN3/c1-3-14(13-5-4-11(15)8-17-13)18-7-6-10(2)12(16)9-18/h4-5,8,10,12,14H,3,6-7,9,16H2,1-2H3. The van der Waals surface area contributed by atoms with Gasteiger partial charge in [-0.05, 0) is 37.4 Å². The van der Waals surface area contributed by atoms with E-state index in [2.05, 4.69) is 23.7 Å². The number of hydrogen-bond acceptors (Lipinski definition) is 3. The van der Waals surface area contributed by atoms with Gasteiger partial charge in [0.15, 0.2) is 0 Å². The maximum absolute atomic E-state index is 12.9. The molecule has 1 aliphatic rings. The largest absolute Gasteiger partial charge is 0.326 e. The molecular weight excluding hydrogens is 229 g/mol. The first kappa shape index (κ1) is 13.4. The lowest BCUT2D eigenvalue weighted by molar-refractivity contribution is 0.115. The van der Waals surface area contributed by atoms with Gasteiger partial charge in [0.2, 0.25) is 0 Å². The molecule has 2 rings (SSSR count). The predicted molar refractivity (Wildman–Crippen MR) is 70.6 cm³/mol. The third-order valence-corrected chi connectivity index (χ3v) is 3.97. The lowest BCUT2D eigenvalue weighted by Gasteiger charge is -2.39. The Morgan fingerprint density at radius 2 is 2.33 bits per heavy atom. The maximum atomic E-state index is 12.9. The van der Waals surface area contributed by atoms with E-state index in [1.807, 2.05) is 0 Å². The van der Waals surface area contributed by atoms with Gasteiger partial charge in [0, 0.05) is 12.6 Å². The van der Waals surface area contributed by atoms with Crippen LogP contribution in [-0.2, 0) is 0 Å². The van der Waals surface area contributed by atoms with Crippen LogP contribution in [0.4, 0.5) is 4.39 Å². The summed E-state index contributed by atoms with van der Waals surface area (Å²) in [5.74, 6) is 0.303. The molecule has 3 unspecified atom stereocenters. The molecule has 2 heterocycles. The number of hydrogen-bond donors (Lipinski definition) is 1. The second-order valence-corrected chi connectivity index (χ2v) is 5.25. The van der Waals surface area contributed by atoms with E-state index in [1.54, 1.807) is 6.07 Å². The zero-order valence-corrected chi connectivity index (χ0v) is 11.1. The number of nitrogens with two attached hydrogens (primary N) is 1. The van der Waals surface area contributed by atoms with Crippen molar-refractivity contribution < 1.29 is 4.39 Å². The highest BCUT2D eigenvalue weighted by molar-refractivity contribution is 5.10. The lowest BCUT2D eigenvalue weighted by atomic mass is 9.92. The van der Waals surface area contributed by atoms with E-state index in [0.717, 1.165) is 31.6 Å². The smallest absolute Gasteiger partial charge is 0.141 e.